The lowest BCUT2D eigenvalue weighted by Gasteiger charge is -2.18. The maximum absolute atomic E-state index is 13.3. The highest BCUT2D eigenvalue weighted by Crippen LogP contribution is 2.22. The summed E-state index contributed by atoms with van der Waals surface area (Å²) in [5.74, 6) is 0.261. The van der Waals surface area contributed by atoms with Crippen molar-refractivity contribution in [3.05, 3.63) is 23.5 Å². The number of hydrogen-bond donors (Lipinski definition) is 1. The Hall–Kier alpha value is -1.03. The summed E-state index contributed by atoms with van der Waals surface area (Å²) in [5, 5.41) is 0. The minimum atomic E-state index is -0.349. The molecule has 0 aliphatic carbocycles. The molecule has 0 unspecified atom stereocenters. The first kappa shape index (κ1) is 11.0. The van der Waals surface area contributed by atoms with Crippen molar-refractivity contribution >= 4 is 0 Å². The first-order valence-corrected chi connectivity index (χ1v) is 4.67. The van der Waals surface area contributed by atoms with E-state index in [0.29, 0.717) is 24.5 Å². The van der Waals surface area contributed by atoms with E-state index in [-0.39, 0.29) is 11.2 Å². The number of hydrogen-bond acceptors (Lipinski definition) is 3. The molecule has 0 aromatic carbocycles. The first-order chi connectivity index (χ1) is 6.45. The monoisotopic (exact) mass is 197 g/mol. The van der Waals surface area contributed by atoms with E-state index in [4.69, 9.17) is 5.73 Å². The predicted octanol–water partition coefficient (Wildman–Crippen LogP) is 1.41. The SMILES string of the molecule is CC(C)(C)c1nc(CCN)ncc1F. The number of rotatable bonds is 2. The van der Waals surface area contributed by atoms with E-state index in [1.807, 2.05) is 20.8 Å². The summed E-state index contributed by atoms with van der Waals surface area (Å²) in [7, 11) is 0. The summed E-state index contributed by atoms with van der Waals surface area (Å²) >= 11 is 0. The Morgan fingerprint density at radius 3 is 2.57 bits per heavy atom. The highest BCUT2D eigenvalue weighted by atomic mass is 19.1. The fourth-order valence-corrected chi connectivity index (χ4v) is 1.18. The molecule has 0 atom stereocenters. The zero-order valence-corrected chi connectivity index (χ0v) is 8.84. The summed E-state index contributed by atoms with van der Waals surface area (Å²) in [5.41, 5.74) is 5.54. The maximum atomic E-state index is 13.3. The van der Waals surface area contributed by atoms with Gasteiger partial charge in [-0.3, -0.25) is 0 Å². The van der Waals surface area contributed by atoms with Crippen molar-refractivity contribution in [2.75, 3.05) is 6.54 Å². The van der Waals surface area contributed by atoms with Crippen LogP contribution in [0.5, 0.6) is 0 Å². The normalized spacial score (nSPS) is 11.8. The molecular weight excluding hydrogens is 181 g/mol. The van der Waals surface area contributed by atoms with Crippen LogP contribution in [0.1, 0.15) is 32.3 Å². The van der Waals surface area contributed by atoms with Crippen LogP contribution in [-0.2, 0) is 11.8 Å². The van der Waals surface area contributed by atoms with Gasteiger partial charge in [0.15, 0.2) is 5.82 Å². The minimum Gasteiger partial charge on any atom is -0.330 e. The van der Waals surface area contributed by atoms with Crippen LogP contribution in [0.15, 0.2) is 6.20 Å². The Balaban J connectivity index is 3.09. The summed E-state index contributed by atoms with van der Waals surface area (Å²) in [6.07, 6.45) is 1.81. The van der Waals surface area contributed by atoms with Crippen LogP contribution in [0.2, 0.25) is 0 Å². The zero-order chi connectivity index (χ0) is 10.8. The molecule has 1 aromatic heterocycles. The lowest BCUT2D eigenvalue weighted by molar-refractivity contribution is 0.493. The van der Waals surface area contributed by atoms with Gasteiger partial charge < -0.3 is 5.73 Å². The molecule has 0 saturated carbocycles. The molecule has 3 nitrogen and oxygen atoms in total. The molecule has 78 valence electrons. The van der Waals surface area contributed by atoms with Crippen LogP contribution in [0.3, 0.4) is 0 Å². The summed E-state index contributed by atoms with van der Waals surface area (Å²) < 4.78 is 13.3. The molecule has 14 heavy (non-hydrogen) atoms. The van der Waals surface area contributed by atoms with Gasteiger partial charge >= 0.3 is 0 Å². The van der Waals surface area contributed by atoms with Crippen LogP contribution in [0.4, 0.5) is 4.39 Å². The quantitative estimate of drug-likeness (QED) is 0.780. The third kappa shape index (κ3) is 2.48. The van der Waals surface area contributed by atoms with E-state index >= 15 is 0 Å². The fourth-order valence-electron chi connectivity index (χ4n) is 1.18. The van der Waals surface area contributed by atoms with Gasteiger partial charge in [-0.25, -0.2) is 14.4 Å². The molecule has 0 amide bonds. The molecule has 1 rings (SSSR count). The van der Waals surface area contributed by atoms with Crippen molar-refractivity contribution in [2.45, 2.75) is 32.6 Å². The van der Waals surface area contributed by atoms with Gasteiger partial charge in [0.05, 0.1) is 11.9 Å². The highest BCUT2D eigenvalue weighted by molar-refractivity contribution is 5.14. The predicted molar refractivity (Wildman–Crippen MR) is 53.4 cm³/mol. The van der Waals surface area contributed by atoms with Gasteiger partial charge in [-0.15, -0.1) is 0 Å². The molecule has 1 aromatic rings. The number of nitrogens with zero attached hydrogens (tertiary/aromatic N) is 2. The number of halogens is 1. The number of aromatic nitrogens is 2. The summed E-state index contributed by atoms with van der Waals surface area (Å²) in [4.78, 5) is 8.04. The van der Waals surface area contributed by atoms with Gasteiger partial charge in [0.25, 0.3) is 0 Å². The van der Waals surface area contributed by atoms with Gasteiger partial charge in [-0.05, 0) is 6.54 Å². The highest BCUT2D eigenvalue weighted by Gasteiger charge is 2.20. The van der Waals surface area contributed by atoms with Gasteiger partial charge in [0.1, 0.15) is 5.82 Å². The van der Waals surface area contributed by atoms with Crippen LogP contribution >= 0.6 is 0 Å². The molecule has 0 fully saturated rings. The van der Waals surface area contributed by atoms with Crippen molar-refractivity contribution in [2.24, 2.45) is 5.73 Å². The van der Waals surface area contributed by atoms with Gasteiger partial charge in [0.2, 0.25) is 0 Å². The first-order valence-electron chi connectivity index (χ1n) is 4.67. The van der Waals surface area contributed by atoms with Crippen molar-refractivity contribution in [1.29, 1.82) is 0 Å². The Kier molecular flexibility index (Phi) is 3.16. The van der Waals surface area contributed by atoms with E-state index in [1.54, 1.807) is 0 Å². The lowest BCUT2D eigenvalue weighted by atomic mass is 9.91. The van der Waals surface area contributed by atoms with Crippen molar-refractivity contribution in [3.8, 4) is 0 Å². The molecule has 0 aliphatic rings. The van der Waals surface area contributed by atoms with Crippen LogP contribution < -0.4 is 5.73 Å². The third-order valence-corrected chi connectivity index (χ3v) is 1.87. The Morgan fingerprint density at radius 1 is 1.43 bits per heavy atom. The fraction of sp³-hybridized carbons (Fsp3) is 0.600. The van der Waals surface area contributed by atoms with Gasteiger partial charge in [-0.1, -0.05) is 20.8 Å². The number of nitrogens with two attached hydrogens (primary N) is 1. The van der Waals surface area contributed by atoms with Crippen molar-refractivity contribution < 1.29 is 4.39 Å². The maximum Gasteiger partial charge on any atom is 0.163 e. The van der Waals surface area contributed by atoms with E-state index in [2.05, 4.69) is 9.97 Å². The lowest BCUT2D eigenvalue weighted by Crippen LogP contribution is -2.19. The standard InChI is InChI=1S/C10H16FN3/c1-10(2,3)9-7(11)6-13-8(14-9)4-5-12/h6H,4-5,12H2,1-3H3. The molecule has 0 radical (unpaired) electrons. The minimum absolute atomic E-state index is 0.295. The average molecular weight is 197 g/mol. The van der Waals surface area contributed by atoms with Crippen molar-refractivity contribution in [1.82, 2.24) is 9.97 Å². The zero-order valence-electron chi connectivity index (χ0n) is 8.84. The second-order valence-electron chi connectivity index (χ2n) is 4.27. The van der Waals surface area contributed by atoms with E-state index < -0.39 is 0 Å². The third-order valence-electron chi connectivity index (χ3n) is 1.87. The Bertz CT molecular complexity index is 318. The van der Waals surface area contributed by atoms with E-state index in [9.17, 15) is 4.39 Å². The largest absolute Gasteiger partial charge is 0.330 e. The van der Waals surface area contributed by atoms with Crippen LogP contribution in [0.25, 0.3) is 0 Å². The summed E-state index contributed by atoms with van der Waals surface area (Å²) in [6, 6.07) is 0. The van der Waals surface area contributed by atoms with E-state index in [1.165, 1.54) is 6.20 Å². The Morgan fingerprint density at radius 2 is 2.07 bits per heavy atom. The molecule has 0 bridgehead atoms. The molecular formula is C10H16FN3. The smallest absolute Gasteiger partial charge is 0.163 e. The molecule has 1 heterocycles. The second kappa shape index (κ2) is 4.00. The van der Waals surface area contributed by atoms with Crippen molar-refractivity contribution in [3.63, 3.8) is 0 Å². The van der Waals surface area contributed by atoms with Gasteiger partial charge in [0, 0.05) is 11.8 Å². The average Bonchev–Trinajstić information content (AvgIpc) is 2.07. The van der Waals surface area contributed by atoms with Gasteiger partial charge in [-0.2, -0.15) is 0 Å². The van der Waals surface area contributed by atoms with Crippen LogP contribution in [0, 0.1) is 5.82 Å². The summed E-state index contributed by atoms with van der Waals surface area (Å²) in [6.45, 7) is 6.25. The Labute approximate surface area is 83.6 Å². The topological polar surface area (TPSA) is 51.8 Å². The molecule has 0 spiro atoms. The molecule has 2 N–H and O–H groups in total. The molecule has 0 saturated heterocycles. The van der Waals surface area contributed by atoms with E-state index in [0.717, 1.165) is 0 Å². The molecule has 0 aliphatic heterocycles. The second-order valence-corrected chi connectivity index (χ2v) is 4.27. The van der Waals surface area contributed by atoms with Crippen LogP contribution in [-0.4, -0.2) is 16.5 Å². The molecule has 4 heteroatoms.